The Morgan fingerprint density at radius 3 is 2.61 bits per heavy atom. The molecule has 2 aromatic rings. The fourth-order valence-electron chi connectivity index (χ4n) is 3.80. The van der Waals surface area contributed by atoms with Gasteiger partial charge in [-0.05, 0) is 37.5 Å². The number of nitrogens with two attached hydrogens (primary N) is 1. The molecule has 2 aromatic heterocycles. The van der Waals surface area contributed by atoms with Crippen LogP contribution in [0.3, 0.4) is 0 Å². The summed E-state index contributed by atoms with van der Waals surface area (Å²) in [5.74, 6) is -0.363. The molecule has 0 spiro atoms. The van der Waals surface area contributed by atoms with E-state index in [0.717, 1.165) is 38.9 Å². The molecule has 10 heteroatoms. The highest BCUT2D eigenvalue weighted by Crippen LogP contribution is 2.27. The molecule has 2 aliphatic rings. The van der Waals surface area contributed by atoms with Crippen molar-refractivity contribution in [3.63, 3.8) is 0 Å². The van der Waals surface area contributed by atoms with E-state index in [-0.39, 0.29) is 35.7 Å². The van der Waals surface area contributed by atoms with Crippen LogP contribution >= 0.6 is 12.4 Å². The molecule has 0 aromatic carbocycles. The minimum absolute atomic E-state index is 0. The molecule has 0 radical (unpaired) electrons. The summed E-state index contributed by atoms with van der Waals surface area (Å²) in [7, 11) is 0. The van der Waals surface area contributed by atoms with E-state index in [1.165, 1.54) is 9.08 Å². The summed E-state index contributed by atoms with van der Waals surface area (Å²) in [5, 5.41) is 17.8. The minimum Gasteiger partial charge on any atom is -0.492 e. The molecule has 1 aliphatic heterocycles. The van der Waals surface area contributed by atoms with Crippen LogP contribution in [-0.2, 0) is 11.3 Å². The van der Waals surface area contributed by atoms with E-state index in [9.17, 15) is 14.7 Å². The molecule has 3 heterocycles. The zero-order valence-electron chi connectivity index (χ0n) is 17.8. The third-order valence-electron chi connectivity index (χ3n) is 5.55. The van der Waals surface area contributed by atoms with Crippen molar-refractivity contribution in [2.75, 3.05) is 18.9 Å². The van der Waals surface area contributed by atoms with E-state index in [4.69, 9.17) is 10.5 Å². The number of fused-ring (bicyclic) bond motifs is 1. The van der Waals surface area contributed by atoms with E-state index < -0.39 is 17.3 Å². The summed E-state index contributed by atoms with van der Waals surface area (Å²) in [6.45, 7) is 5.78. The van der Waals surface area contributed by atoms with Gasteiger partial charge in [-0.2, -0.15) is 4.52 Å². The van der Waals surface area contributed by atoms with Gasteiger partial charge in [0.1, 0.15) is 0 Å². The molecule has 2 fully saturated rings. The molecule has 0 bridgehead atoms. The first-order valence-corrected chi connectivity index (χ1v) is 10.6. The van der Waals surface area contributed by atoms with Gasteiger partial charge in [-0.15, -0.1) is 17.5 Å². The summed E-state index contributed by atoms with van der Waals surface area (Å²) in [5.41, 5.74) is 6.31. The number of nitrogens with zero attached hydrogens (tertiary/aromatic N) is 3. The van der Waals surface area contributed by atoms with Gasteiger partial charge in [-0.3, -0.25) is 14.2 Å². The third kappa shape index (κ3) is 4.72. The number of allylic oxidation sites excluding steroid dienone is 1. The lowest BCUT2D eigenvalue weighted by Crippen LogP contribution is -2.36. The monoisotopic (exact) mass is 451 g/mol. The van der Waals surface area contributed by atoms with Crippen LogP contribution in [0.4, 0.5) is 5.82 Å². The third-order valence-corrected chi connectivity index (χ3v) is 5.55. The maximum atomic E-state index is 13.3. The van der Waals surface area contributed by atoms with Gasteiger partial charge in [0, 0.05) is 25.8 Å². The number of nitrogen functional groups attached to an aromatic ring is 1. The average Bonchev–Trinajstić information content (AvgIpc) is 3.45. The number of carbonyl (C=O) groups excluding carboxylic acids is 1. The predicted molar refractivity (Wildman–Crippen MR) is 121 cm³/mol. The van der Waals surface area contributed by atoms with Crippen LogP contribution in [0, 0.1) is 11.8 Å². The molecule has 170 valence electrons. The summed E-state index contributed by atoms with van der Waals surface area (Å²) in [4.78, 5) is 25.9. The number of hydrogen-bond donors (Lipinski definition) is 3. The number of nitrogens with one attached hydrogen (secondary N) is 1. The Morgan fingerprint density at radius 1 is 1.32 bits per heavy atom. The van der Waals surface area contributed by atoms with Crippen molar-refractivity contribution in [2.24, 2.45) is 11.8 Å². The summed E-state index contributed by atoms with van der Waals surface area (Å²) < 4.78 is 8.11. The Hall–Kier alpha value is -2.52. The topological polar surface area (TPSA) is 124 Å². The molecule has 9 nitrogen and oxygen atoms in total. The molecule has 4 N–H and O–H groups in total. The Balaban J connectivity index is 0.00000272. The van der Waals surface area contributed by atoms with Crippen molar-refractivity contribution in [1.29, 1.82) is 0 Å². The molecule has 0 unspecified atom stereocenters. The highest BCUT2D eigenvalue weighted by atomic mass is 35.5. The number of anilines is 1. The number of halogens is 1. The van der Waals surface area contributed by atoms with Crippen molar-refractivity contribution < 1.29 is 14.6 Å². The van der Waals surface area contributed by atoms with Crippen LogP contribution in [-0.4, -0.2) is 44.5 Å². The van der Waals surface area contributed by atoms with Gasteiger partial charge < -0.3 is 20.9 Å². The standard InChI is InChI=1S/C21H29N5O4.ClH/c1-12(2)11-25-19-15(6-3-13-7-9-30-10-8-13)17(22)24-26(19)21(29)16(20(25)28)18(27)23-14-4-5-14;/h3,6,12-14,29H,4-5,7-11H2,1-2H3,(H2,22,24)(H,23,27);1H. The molecular weight excluding hydrogens is 422 g/mol. The normalized spacial score (nSPS) is 17.4. The smallest absolute Gasteiger partial charge is 0.270 e. The van der Waals surface area contributed by atoms with Gasteiger partial charge in [-0.25, -0.2) is 0 Å². The van der Waals surface area contributed by atoms with Crippen molar-refractivity contribution in [2.45, 2.75) is 52.1 Å². The molecule has 0 atom stereocenters. The zero-order valence-corrected chi connectivity index (χ0v) is 18.7. The maximum absolute atomic E-state index is 13.3. The highest BCUT2D eigenvalue weighted by Gasteiger charge is 2.30. The van der Waals surface area contributed by atoms with Gasteiger partial charge in [0.2, 0.25) is 5.88 Å². The summed E-state index contributed by atoms with van der Waals surface area (Å²) in [6, 6.07) is 0.0613. The minimum atomic E-state index is -0.576. The fourth-order valence-corrected chi connectivity index (χ4v) is 3.80. The maximum Gasteiger partial charge on any atom is 0.270 e. The van der Waals surface area contributed by atoms with Crippen LogP contribution in [0.25, 0.3) is 11.7 Å². The highest BCUT2D eigenvalue weighted by molar-refractivity contribution is 5.97. The zero-order chi connectivity index (χ0) is 21.4. The van der Waals surface area contributed by atoms with Gasteiger partial charge >= 0.3 is 0 Å². The first-order chi connectivity index (χ1) is 14.4. The first-order valence-electron chi connectivity index (χ1n) is 10.6. The average molecular weight is 452 g/mol. The van der Waals surface area contributed by atoms with E-state index >= 15 is 0 Å². The molecule has 1 saturated heterocycles. The van der Waals surface area contributed by atoms with Crippen molar-refractivity contribution in [3.05, 3.63) is 27.6 Å². The van der Waals surface area contributed by atoms with Crippen molar-refractivity contribution >= 4 is 35.9 Å². The van der Waals surface area contributed by atoms with E-state index in [0.29, 0.717) is 23.7 Å². The van der Waals surface area contributed by atoms with E-state index in [1.54, 1.807) is 0 Å². The predicted octanol–water partition coefficient (Wildman–Crippen LogP) is 2.19. The van der Waals surface area contributed by atoms with E-state index in [1.807, 2.05) is 19.9 Å². The number of aromatic hydroxyl groups is 1. The molecule has 1 amide bonds. The molecular formula is C21H30ClN5O4. The number of carbonyl (C=O) groups is 1. The fraction of sp³-hybridized carbons (Fsp3) is 0.571. The molecule has 1 aliphatic carbocycles. The lowest BCUT2D eigenvalue weighted by atomic mass is 9.99. The molecule has 1 saturated carbocycles. The number of amides is 1. The number of rotatable bonds is 6. The van der Waals surface area contributed by atoms with Crippen molar-refractivity contribution in [3.8, 4) is 5.88 Å². The Bertz CT molecular complexity index is 1050. The quantitative estimate of drug-likeness (QED) is 0.618. The Morgan fingerprint density at radius 2 is 2.00 bits per heavy atom. The summed E-state index contributed by atoms with van der Waals surface area (Å²) in [6.07, 6.45) is 7.53. The number of hydrogen-bond acceptors (Lipinski definition) is 6. The van der Waals surface area contributed by atoms with Crippen LogP contribution in [0.2, 0.25) is 0 Å². The SMILES string of the molecule is CC(C)Cn1c(=O)c(C(=O)NC2CC2)c(O)n2nc(N)c(C=CC3CCOCC3)c12.Cl. The van der Waals surface area contributed by atoms with Crippen molar-refractivity contribution in [1.82, 2.24) is 19.5 Å². The van der Waals surface area contributed by atoms with Gasteiger partial charge in [0.05, 0.1) is 5.56 Å². The molecule has 31 heavy (non-hydrogen) atoms. The number of ether oxygens (including phenoxy) is 1. The second kappa shape index (κ2) is 9.32. The number of aromatic nitrogens is 3. The summed E-state index contributed by atoms with van der Waals surface area (Å²) >= 11 is 0. The second-order valence-corrected chi connectivity index (χ2v) is 8.60. The van der Waals surface area contributed by atoms with Crippen LogP contribution in [0.15, 0.2) is 10.9 Å². The van der Waals surface area contributed by atoms with Gasteiger partial charge in [0.15, 0.2) is 17.0 Å². The Labute approximate surface area is 186 Å². The lowest BCUT2D eigenvalue weighted by Gasteiger charge is -2.18. The van der Waals surface area contributed by atoms with Gasteiger partial charge in [-0.1, -0.05) is 26.0 Å². The first kappa shape index (κ1) is 23.1. The van der Waals surface area contributed by atoms with Crippen LogP contribution in [0.5, 0.6) is 5.88 Å². The Kier molecular flexibility index (Phi) is 6.96. The van der Waals surface area contributed by atoms with Gasteiger partial charge in [0.25, 0.3) is 11.5 Å². The largest absolute Gasteiger partial charge is 0.492 e. The van der Waals surface area contributed by atoms with Crippen LogP contribution in [0.1, 0.15) is 55.5 Å². The lowest BCUT2D eigenvalue weighted by molar-refractivity contribution is 0.0787. The van der Waals surface area contributed by atoms with Crippen LogP contribution < -0.4 is 16.6 Å². The molecule has 4 rings (SSSR count). The van der Waals surface area contributed by atoms with E-state index in [2.05, 4.69) is 16.5 Å². The second-order valence-electron chi connectivity index (χ2n) is 8.60.